The molecule has 1 fully saturated rings. The van der Waals surface area contributed by atoms with Gasteiger partial charge in [-0.15, -0.1) is 0 Å². The topological polar surface area (TPSA) is 46.6 Å². The van der Waals surface area contributed by atoms with Gasteiger partial charge in [-0.2, -0.15) is 0 Å². The third-order valence-electron chi connectivity index (χ3n) is 3.35. The molecule has 0 aromatic rings. The Morgan fingerprint density at radius 2 is 1.68 bits per heavy atom. The van der Waals surface area contributed by atoms with Crippen molar-refractivity contribution < 1.29 is 14.3 Å². The van der Waals surface area contributed by atoms with Crippen LogP contribution in [0.4, 0.5) is 0 Å². The van der Waals surface area contributed by atoms with Gasteiger partial charge >= 0.3 is 5.97 Å². The molecular formula is C15H27NO3. The normalized spacial score (nSPS) is 17.7. The van der Waals surface area contributed by atoms with Crippen LogP contribution in [0.2, 0.25) is 0 Å². The SMILES string of the molecule is CC(C)[C@@H](CC(=O)OC(C)(C)C)C(=O)N1CCCC1. The standard InChI is InChI=1S/C15H27NO3/c1-11(2)12(10-13(17)19-15(3,4)5)14(18)16-8-6-7-9-16/h11-12H,6-10H2,1-5H3/t12-/m1/s1. The van der Waals surface area contributed by atoms with Crippen LogP contribution in [-0.4, -0.2) is 35.5 Å². The van der Waals surface area contributed by atoms with E-state index in [4.69, 9.17) is 4.74 Å². The smallest absolute Gasteiger partial charge is 0.307 e. The summed E-state index contributed by atoms with van der Waals surface area (Å²) in [6, 6.07) is 0. The van der Waals surface area contributed by atoms with Crippen molar-refractivity contribution in [3.05, 3.63) is 0 Å². The quantitative estimate of drug-likeness (QED) is 0.737. The largest absolute Gasteiger partial charge is 0.460 e. The molecule has 0 spiro atoms. The number of nitrogens with zero attached hydrogens (tertiary/aromatic N) is 1. The first-order chi connectivity index (χ1) is 8.70. The van der Waals surface area contributed by atoms with E-state index in [2.05, 4.69) is 0 Å². The minimum absolute atomic E-state index is 0.110. The van der Waals surface area contributed by atoms with Crippen LogP contribution in [0.15, 0.2) is 0 Å². The van der Waals surface area contributed by atoms with E-state index in [1.807, 2.05) is 39.5 Å². The predicted molar refractivity (Wildman–Crippen MR) is 74.6 cm³/mol. The lowest BCUT2D eigenvalue weighted by molar-refractivity contribution is -0.159. The van der Waals surface area contributed by atoms with E-state index in [-0.39, 0.29) is 30.1 Å². The van der Waals surface area contributed by atoms with E-state index >= 15 is 0 Å². The van der Waals surface area contributed by atoms with Crippen molar-refractivity contribution in [1.29, 1.82) is 0 Å². The molecule has 0 unspecified atom stereocenters. The van der Waals surface area contributed by atoms with Gasteiger partial charge in [0.15, 0.2) is 0 Å². The molecule has 1 aliphatic heterocycles. The van der Waals surface area contributed by atoms with Gasteiger partial charge in [0.05, 0.1) is 12.3 Å². The molecule has 0 saturated carbocycles. The summed E-state index contributed by atoms with van der Waals surface area (Å²) in [4.78, 5) is 26.2. The molecule has 1 amide bonds. The van der Waals surface area contributed by atoms with Crippen molar-refractivity contribution in [3.63, 3.8) is 0 Å². The Hall–Kier alpha value is -1.06. The number of likely N-dealkylation sites (tertiary alicyclic amines) is 1. The van der Waals surface area contributed by atoms with Crippen molar-refractivity contribution in [2.24, 2.45) is 11.8 Å². The van der Waals surface area contributed by atoms with Crippen LogP contribution in [0.1, 0.15) is 53.9 Å². The summed E-state index contributed by atoms with van der Waals surface area (Å²) >= 11 is 0. The molecular weight excluding hydrogens is 242 g/mol. The number of esters is 1. The van der Waals surface area contributed by atoms with Gasteiger partial charge in [0.25, 0.3) is 0 Å². The first-order valence-corrected chi connectivity index (χ1v) is 7.21. The highest BCUT2D eigenvalue weighted by molar-refractivity contribution is 5.84. The zero-order valence-electron chi connectivity index (χ0n) is 12.9. The Kier molecular flexibility index (Phi) is 5.39. The minimum Gasteiger partial charge on any atom is -0.460 e. The van der Waals surface area contributed by atoms with Gasteiger partial charge in [0.2, 0.25) is 5.91 Å². The summed E-state index contributed by atoms with van der Waals surface area (Å²) in [6.07, 6.45) is 2.33. The molecule has 4 heteroatoms. The fourth-order valence-electron chi connectivity index (χ4n) is 2.34. The summed E-state index contributed by atoms with van der Waals surface area (Å²) in [5.41, 5.74) is -0.491. The van der Waals surface area contributed by atoms with E-state index < -0.39 is 5.60 Å². The number of ether oxygens (including phenoxy) is 1. The number of hydrogen-bond donors (Lipinski definition) is 0. The number of carbonyl (C=O) groups excluding carboxylic acids is 2. The molecule has 1 rings (SSSR count). The Morgan fingerprint density at radius 3 is 2.11 bits per heavy atom. The van der Waals surface area contributed by atoms with Gasteiger partial charge < -0.3 is 9.64 Å². The Bertz CT molecular complexity index is 325. The fraction of sp³-hybridized carbons (Fsp3) is 0.867. The van der Waals surface area contributed by atoms with E-state index in [1.165, 1.54) is 0 Å². The molecule has 1 saturated heterocycles. The second kappa shape index (κ2) is 6.40. The van der Waals surface area contributed by atoms with Gasteiger partial charge in [0, 0.05) is 13.1 Å². The maximum Gasteiger partial charge on any atom is 0.307 e. The molecule has 1 atom stereocenters. The summed E-state index contributed by atoms with van der Waals surface area (Å²) in [5.74, 6) is -0.273. The number of carbonyl (C=O) groups is 2. The second-order valence-electron chi connectivity index (χ2n) is 6.67. The number of hydrogen-bond acceptors (Lipinski definition) is 3. The van der Waals surface area contributed by atoms with Gasteiger partial charge in [-0.25, -0.2) is 0 Å². The lowest BCUT2D eigenvalue weighted by atomic mass is 9.91. The molecule has 0 bridgehead atoms. The van der Waals surface area contributed by atoms with E-state index in [9.17, 15) is 9.59 Å². The van der Waals surface area contributed by atoms with Gasteiger partial charge in [-0.1, -0.05) is 13.8 Å². The van der Waals surface area contributed by atoms with E-state index in [0.29, 0.717) is 0 Å². The third kappa shape index (κ3) is 5.21. The van der Waals surface area contributed by atoms with Gasteiger partial charge in [0.1, 0.15) is 5.60 Å². The van der Waals surface area contributed by atoms with Crippen LogP contribution in [0.3, 0.4) is 0 Å². The zero-order chi connectivity index (χ0) is 14.6. The van der Waals surface area contributed by atoms with Crippen molar-refractivity contribution in [2.45, 2.75) is 59.5 Å². The van der Waals surface area contributed by atoms with Crippen molar-refractivity contribution >= 4 is 11.9 Å². The molecule has 4 nitrogen and oxygen atoms in total. The summed E-state index contributed by atoms with van der Waals surface area (Å²) in [5, 5.41) is 0. The average molecular weight is 269 g/mol. The lowest BCUT2D eigenvalue weighted by Gasteiger charge is -2.27. The van der Waals surface area contributed by atoms with Crippen molar-refractivity contribution in [3.8, 4) is 0 Å². The molecule has 0 aromatic carbocycles. The van der Waals surface area contributed by atoms with Crippen LogP contribution < -0.4 is 0 Å². The average Bonchev–Trinajstić information content (AvgIpc) is 2.75. The Labute approximate surface area is 116 Å². The molecule has 110 valence electrons. The first kappa shape index (κ1) is 16.0. The van der Waals surface area contributed by atoms with Crippen LogP contribution >= 0.6 is 0 Å². The summed E-state index contributed by atoms with van der Waals surface area (Å²) in [6.45, 7) is 11.2. The van der Waals surface area contributed by atoms with Crippen LogP contribution in [0.5, 0.6) is 0 Å². The van der Waals surface area contributed by atoms with Gasteiger partial charge in [-0.05, 0) is 39.5 Å². The number of rotatable bonds is 4. The lowest BCUT2D eigenvalue weighted by Crippen LogP contribution is -2.38. The third-order valence-corrected chi connectivity index (χ3v) is 3.35. The molecule has 0 aromatic heterocycles. The summed E-state index contributed by atoms with van der Waals surface area (Å²) in [7, 11) is 0. The molecule has 0 N–H and O–H groups in total. The second-order valence-corrected chi connectivity index (χ2v) is 6.67. The monoisotopic (exact) mass is 269 g/mol. The highest BCUT2D eigenvalue weighted by atomic mass is 16.6. The van der Waals surface area contributed by atoms with Crippen LogP contribution in [0, 0.1) is 11.8 Å². The number of amides is 1. The zero-order valence-corrected chi connectivity index (χ0v) is 12.9. The van der Waals surface area contributed by atoms with Crippen molar-refractivity contribution in [1.82, 2.24) is 4.90 Å². The molecule has 0 aliphatic carbocycles. The molecule has 1 aliphatic rings. The van der Waals surface area contributed by atoms with E-state index in [1.54, 1.807) is 0 Å². The highest BCUT2D eigenvalue weighted by Crippen LogP contribution is 2.23. The molecule has 1 heterocycles. The summed E-state index contributed by atoms with van der Waals surface area (Å²) < 4.78 is 5.32. The minimum atomic E-state index is -0.491. The van der Waals surface area contributed by atoms with E-state index in [0.717, 1.165) is 25.9 Å². The molecule has 0 radical (unpaired) electrons. The van der Waals surface area contributed by atoms with Crippen molar-refractivity contribution in [2.75, 3.05) is 13.1 Å². The molecule has 19 heavy (non-hydrogen) atoms. The van der Waals surface area contributed by atoms with Gasteiger partial charge in [-0.3, -0.25) is 9.59 Å². The predicted octanol–water partition coefficient (Wildman–Crippen LogP) is 2.61. The fourth-order valence-corrected chi connectivity index (χ4v) is 2.34. The maximum absolute atomic E-state index is 12.4. The van der Waals surface area contributed by atoms with Crippen LogP contribution in [0.25, 0.3) is 0 Å². The Balaban J connectivity index is 2.62. The first-order valence-electron chi connectivity index (χ1n) is 7.21. The highest BCUT2D eigenvalue weighted by Gasteiger charge is 2.32. The van der Waals surface area contributed by atoms with Crippen LogP contribution in [-0.2, 0) is 14.3 Å². The Morgan fingerprint density at radius 1 is 1.16 bits per heavy atom. The maximum atomic E-state index is 12.4.